The molecule has 8 heteroatoms. The zero-order valence-electron chi connectivity index (χ0n) is 15.0. The summed E-state index contributed by atoms with van der Waals surface area (Å²) >= 11 is 1.58. The molecular formula is C18H21N5O2S. The van der Waals surface area contributed by atoms with Gasteiger partial charge in [0, 0.05) is 23.3 Å². The van der Waals surface area contributed by atoms with Crippen molar-refractivity contribution < 1.29 is 9.32 Å². The topological polar surface area (TPSA) is 93.8 Å². The lowest BCUT2D eigenvalue weighted by atomic mass is 10.0. The third-order valence-electron chi connectivity index (χ3n) is 3.85. The average Bonchev–Trinajstić information content (AvgIpc) is 3.29. The Morgan fingerprint density at radius 3 is 2.85 bits per heavy atom. The van der Waals surface area contributed by atoms with Crippen LogP contribution in [0.3, 0.4) is 0 Å². The normalized spacial score (nSPS) is 12.3. The van der Waals surface area contributed by atoms with E-state index >= 15 is 0 Å². The van der Waals surface area contributed by atoms with Crippen LogP contribution in [-0.2, 0) is 17.6 Å². The van der Waals surface area contributed by atoms with Crippen molar-refractivity contribution in [2.45, 2.75) is 39.7 Å². The summed E-state index contributed by atoms with van der Waals surface area (Å²) in [6.07, 6.45) is 4.47. The van der Waals surface area contributed by atoms with Gasteiger partial charge in [-0.25, -0.2) is 4.98 Å². The highest BCUT2D eigenvalue weighted by atomic mass is 32.1. The number of carbonyl (C=O) groups is 1. The summed E-state index contributed by atoms with van der Waals surface area (Å²) in [5.41, 5.74) is 1.55. The van der Waals surface area contributed by atoms with Gasteiger partial charge in [-0.3, -0.25) is 9.78 Å². The minimum atomic E-state index is -0.357. The van der Waals surface area contributed by atoms with Crippen molar-refractivity contribution in [2.75, 3.05) is 0 Å². The quantitative estimate of drug-likeness (QED) is 0.685. The number of thiazole rings is 1. The van der Waals surface area contributed by atoms with Crippen LogP contribution >= 0.6 is 11.3 Å². The molecule has 3 aromatic rings. The van der Waals surface area contributed by atoms with E-state index in [-0.39, 0.29) is 24.3 Å². The van der Waals surface area contributed by atoms with Gasteiger partial charge in [-0.1, -0.05) is 25.9 Å². The van der Waals surface area contributed by atoms with E-state index in [1.807, 2.05) is 38.3 Å². The Morgan fingerprint density at radius 2 is 2.19 bits per heavy atom. The summed E-state index contributed by atoms with van der Waals surface area (Å²) in [5, 5.41) is 9.95. The van der Waals surface area contributed by atoms with E-state index in [1.54, 1.807) is 23.7 Å². The van der Waals surface area contributed by atoms with Crippen molar-refractivity contribution in [3.8, 4) is 11.4 Å². The number of pyridine rings is 1. The van der Waals surface area contributed by atoms with E-state index in [9.17, 15) is 4.79 Å². The molecular weight excluding hydrogens is 350 g/mol. The van der Waals surface area contributed by atoms with E-state index in [4.69, 9.17) is 4.52 Å². The molecule has 3 heterocycles. The molecule has 26 heavy (non-hydrogen) atoms. The molecule has 1 unspecified atom stereocenters. The lowest BCUT2D eigenvalue weighted by Gasteiger charge is -2.18. The Labute approximate surface area is 155 Å². The summed E-state index contributed by atoms with van der Waals surface area (Å²) in [7, 11) is 0. The molecule has 0 aliphatic rings. The molecule has 0 spiro atoms. The zero-order chi connectivity index (χ0) is 18.5. The number of nitrogens with zero attached hydrogens (tertiary/aromatic N) is 4. The van der Waals surface area contributed by atoms with Gasteiger partial charge >= 0.3 is 0 Å². The third-order valence-corrected chi connectivity index (χ3v) is 4.90. The molecule has 1 atom stereocenters. The highest BCUT2D eigenvalue weighted by Gasteiger charge is 2.25. The predicted molar refractivity (Wildman–Crippen MR) is 98.4 cm³/mol. The monoisotopic (exact) mass is 371 g/mol. The largest absolute Gasteiger partial charge is 0.344 e. The highest BCUT2D eigenvalue weighted by molar-refractivity contribution is 7.09. The molecule has 0 aliphatic heterocycles. The summed E-state index contributed by atoms with van der Waals surface area (Å²) in [6, 6.07) is 3.31. The van der Waals surface area contributed by atoms with Crippen molar-refractivity contribution in [1.82, 2.24) is 25.4 Å². The van der Waals surface area contributed by atoms with Crippen LogP contribution in [0.2, 0.25) is 0 Å². The predicted octanol–water partition coefficient (Wildman–Crippen LogP) is 3.21. The number of amides is 1. The Kier molecular flexibility index (Phi) is 5.72. The minimum absolute atomic E-state index is 0.0998. The Bertz CT molecular complexity index is 859. The van der Waals surface area contributed by atoms with Crippen LogP contribution in [-0.4, -0.2) is 26.0 Å². The van der Waals surface area contributed by atoms with Gasteiger partial charge in [0.15, 0.2) is 0 Å². The van der Waals surface area contributed by atoms with Gasteiger partial charge in [0.1, 0.15) is 6.04 Å². The van der Waals surface area contributed by atoms with E-state index in [0.29, 0.717) is 11.7 Å². The van der Waals surface area contributed by atoms with E-state index in [1.165, 1.54) is 0 Å². The first-order valence-corrected chi connectivity index (χ1v) is 9.41. The van der Waals surface area contributed by atoms with Crippen molar-refractivity contribution in [1.29, 1.82) is 0 Å². The Balaban J connectivity index is 1.71. The van der Waals surface area contributed by atoms with Crippen LogP contribution in [0, 0.1) is 5.92 Å². The molecule has 0 aromatic carbocycles. The van der Waals surface area contributed by atoms with Crippen molar-refractivity contribution >= 4 is 17.2 Å². The average molecular weight is 371 g/mol. The van der Waals surface area contributed by atoms with Gasteiger partial charge in [0.25, 0.3) is 0 Å². The van der Waals surface area contributed by atoms with Gasteiger partial charge in [-0.05, 0) is 24.5 Å². The Morgan fingerprint density at radius 1 is 1.35 bits per heavy atom. The van der Waals surface area contributed by atoms with Crippen LogP contribution in [0.1, 0.15) is 43.4 Å². The summed E-state index contributed by atoms with van der Waals surface area (Å²) in [4.78, 5) is 25.4. The number of aromatic nitrogens is 4. The fourth-order valence-electron chi connectivity index (χ4n) is 2.47. The second-order valence-corrected chi connectivity index (χ2v) is 7.19. The van der Waals surface area contributed by atoms with Gasteiger partial charge in [0.2, 0.25) is 17.6 Å². The third kappa shape index (κ3) is 4.32. The molecule has 0 saturated heterocycles. The minimum Gasteiger partial charge on any atom is -0.344 e. The maximum absolute atomic E-state index is 12.4. The van der Waals surface area contributed by atoms with Crippen molar-refractivity contribution in [3.05, 3.63) is 46.5 Å². The van der Waals surface area contributed by atoms with Crippen LogP contribution in [0.25, 0.3) is 11.4 Å². The first kappa shape index (κ1) is 18.2. The second-order valence-electron chi connectivity index (χ2n) is 6.25. The molecule has 0 saturated carbocycles. The van der Waals surface area contributed by atoms with Crippen LogP contribution in [0.4, 0.5) is 0 Å². The van der Waals surface area contributed by atoms with Gasteiger partial charge in [-0.15, -0.1) is 11.3 Å². The lowest BCUT2D eigenvalue weighted by Crippen LogP contribution is -2.33. The fraction of sp³-hybridized carbons (Fsp3) is 0.389. The maximum atomic E-state index is 12.4. The molecule has 7 nitrogen and oxygen atoms in total. The van der Waals surface area contributed by atoms with Crippen LogP contribution in [0.5, 0.6) is 0 Å². The molecule has 3 rings (SSSR count). The number of rotatable bonds is 7. The molecule has 0 bridgehead atoms. The van der Waals surface area contributed by atoms with Crippen molar-refractivity contribution in [2.24, 2.45) is 5.92 Å². The maximum Gasteiger partial charge on any atom is 0.249 e. The van der Waals surface area contributed by atoms with Gasteiger partial charge in [0.05, 0.1) is 17.1 Å². The number of aryl methyl sites for hydroxylation is 1. The van der Waals surface area contributed by atoms with Crippen LogP contribution < -0.4 is 5.32 Å². The number of carbonyl (C=O) groups excluding carboxylic acids is 1. The highest BCUT2D eigenvalue weighted by Crippen LogP contribution is 2.23. The standard InChI is InChI=1S/C18H21N5O2S/c1-4-15-20-13(10-26-15)8-14(24)21-16(11(2)3)18-22-17(23-25-18)12-6-5-7-19-9-12/h5-7,9-11,16H,4,8H2,1-3H3,(H,21,24). The molecule has 0 fully saturated rings. The first-order valence-electron chi connectivity index (χ1n) is 8.53. The van der Waals surface area contributed by atoms with Crippen molar-refractivity contribution in [3.63, 3.8) is 0 Å². The molecule has 1 amide bonds. The molecule has 0 aliphatic carbocycles. The molecule has 1 N–H and O–H groups in total. The summed E-state index contributed by atoms with van der Waals surface area (Å²) in [5.74, 6) is 0.834. The zero-order valence-corrected chi connectivity index (χ0v) is 15.8. The molecule has 3 aromatic heterocycles. The smallest absolute Gasteiger partial charge is 0.249 e. The first-order chi connectivity index (χ1) is 12.6. The summed E-state index contributed by atoms with van der Waals surface area (Å²) in [6.45, 7) is 6.04. The Hall–Kier alpha value is -2.61. The van der Waals surface area contributed by atoms with E-state index in [0.717, 1.165) is 22.7 Å². The SMILES string of the molecule is CCc1nc(CC(=O)NC(c2nc(-c3cccnc3)no2)C(C)C)cs1. The lowest BCUT2D eigenvalue weighted by molar-refractivity contribution is -0.121. The number of hydrogen-bond acceptors (Lipinski definition) is 7. The second kappa shape index (κ2) is 8.18. The number of hydrogen-bond donors (Lipinski definition) is 1. The van der Waals surface area contributed by atoms with E-state index in [2.05, 4.69) is 25.4 Å². The number of nitrogens with one attached hydrogen (secondary N) is 1. The van der Waals surface area contributed by atoms with Crippen LogP contribution in [0.15, 0.2) is 34.4 Å². The summed E-state index contributed by atoms with van der Waals surface area (Å²) < 4.78 is 5.40. The molecule has 136 valence electrons. The molecule has 0 radical (unpaired) electrons. The van der Waals surface area contributed by atoms with E-state index < -0.39 is 0 Å². The van der Waals surface area contributed by atoms with Gasteiger partial charge < -0.3 is 9.84 Å². The van der Waals surface area contributed by atoms with Gasteiger partial charge in [-0.2, -0.15) is 4.98 Å². The fourth-order valence-corrected chi connectivity index (χ4v) is 3.21.